The Balaban J connectivity index is 1.69. The molecule has 2 aromatic rings. The number of benzene rings is 2. The van der Waals surface area contributed by atoms with Crippen molar-refractivity contribution in [3.63, 3.8) is 0 Å². The molecule has 1 fully saturated rings. The third-order valence-corrected chi connectivity index (χ3v) is 5.45. The van der Waals surface area contributed by atoms with Crippen molar-refractivity contribution >= 4 is 0 Å². The molecule has 0 aromatic heterocycles. The van der Waals surface area contributed by atoms with Crippen LogP contribution in [-0.4, -0.2) is 13.0 Å². The average molecular weight is 380 g/mol. The Labute approximate surface area is 157 Å². The highest BCUT2D eigenvalue weighted by molar-refractivity contribution is 5.65. The quantitative estimate of drug-likeness (QED) is 0.510. The lowest BCUT2D eigenvalue weighted by Crippen LogP contribution is -2.21. The average Bonchev–Trinajstić information content (AvgIpc) is 2.63. The minimum Gasteiger partial charge on any atom is -0.494 e. The number of hydrogen-bond donors (Lipinski definition) is 0. The monoisotopic (exact) mass is 380 g/mol. The van der Waals surface area contributed by atoms with Crippen molar-refractivity contribution in [1.82, 2.24) is 0 Å². The molecular formula is C22H24F4O. The highest BCUT2D eigenvalue weighted by Crippen LogP contribution is 2.40. The molecule has 146 valence electrons. The Bertz CT molecular complexity index is 772. The van der Waals surface area contributed by atoms with Crippen LogP contribution in [0.5, 0.6) is 5.75 Å². The fraction of sp³-hybridized carbons (Fsp3) is 0.455. The van der Waals surface area contributed by atoms with Crippen molar-refractivity contribution in [3.05, 3.63) is 53.6 Å². The lowest BCUT2D eigenvalue weighted by atomic mass is 9.76. The summed E-state index contributed by atoms with van der Waals surface area (Å²) in [5.41, 5.74) is 1.90. The summed E-state index contributed by atoms with van der Waals surface area (Å²) in [5.74, 6) is -4.23. The number of ether oxygens (including phenoxy) is 1. The maximum absolute atomic E-state index is 14.3. The van der Waals surface area contributed by atoms with Gasteiger partial charge in [-0.05, 0) is 67.7 Å². The van der Waals surface area contributed by atoms with Gasteiger partial charge in [0.2, 0.25) is 11.7 Å². The summed E-state index contributed by atoms with van der Waals surface area (Å²) in [6.07, 6.45) is 3.32. The van der Waals surface area contributed by atoms with Crippen LogP contribution in [0.1, 0.15) is 50.5 Å². The Hall–Kier alpha value is -2.04. The van der Waals surface area contributed by atoms with E-state index in [9.17, 15) is 17.6 Å². The highest BCUT2D eigenvalue weighted by atomic mass is 19.3. The van der Waals surface area contributed by atoms with Crippen LogP contribution in [-0.2, 0) is 0 Å². The van der Waals surface area contributed by atoms with E-state index in [0.717, 1.165) is 38.2 Å². The van der Waals surface area contributed by atoms with Crippen molar-refractivity contribution < 1.29 is 22.3 Å². The smallest absolute Gasteiger partial charge is 0.245 e. The molecule has 1 aliphatic carbocycles. The van der Waals surface area contributed by atoms with Gasteiger partial charge in [-0.2, -0.15) is 4.39 Å². The predicted octanol–water partition coefficient (Wildman–Crippen LogP) is 6.96. The molecule has 5 heteroatoms. The van der Waals surface area contributed by atoms with Crippen LogP contribution in [0.2, 0.25) is 0 Å². The first-order chi connectivity index (χ1) is 12.8. The van der Waals surface area contributed by atoms with E-state index in [-0.39, 0.29) is 23.7 Å². The van der Waals surface area contributed by atoms with Crippen molar-refractivity contribution in [1.29, 1.82) is 0 Å². The van der Waals surface area contributed by atoms with Gasteiger partial charge in [-0.25, -0.2) is 13.2 Å². The van der Waals surface area contributed by atoms with Crippen LogP contribution in [0.4, 0.5) is 17.6 Å². The van der Waals surface area contributed by atoms with Crippen LogP contribution in [0.25, 0.3) is 11.1 Å². The van der Waals surface area contributed by atoms with E-state index < -0.39 is 17.6 Å². The van der Waals surface area contributed by atoms with Gasteiger partial charge < -0.3 is 4.74 Å². The minimum absolute atomic E-state index is 0.0407. The van der Waals surface area contributed by atoms with E-state index in [1.165, 1.54) is 19.2 Å². The molecule has 1 saturated carbocycles. The molecule has 0 aliphatic heterocycles. The molecule has 0 N–H and O–H groups in total. The third kappa shape index (κ3) is 4.63. The molecule has 0 saturated heterocycles. The molecule has 0 spiro atoms. The first kappa shape index (κ1) is 19.7. The first-order valence-electron chi connectivity index (χ1n) is 9.28. The molecular weight excluding hydrogens is 356 g/mol. The molecule has 0 radical (unpaired) electrons. The normalized spacial score (nSPS) is 20.5. The maximum atomic E-state index is 14.3. The molecule has 0 unspecified atom stereocenters. The zero-order valence-electron chi connectivity index (χ0n) is 15.6. The first-order valence-corrected chi connectivity index (χ1v) is 9.28. The number of rotatable bonds is 5. The molecule has 27 heavy (non-hydrogen) atoms. The Morgan fingerprint density at radius 3 is 2.11 bits per heavy atom. The summed E-state index contributed by atoms with van der Waals surface area (Å²) >= 11 is 0. The second-order valence-corrected chi connectivity index (χ2v) is 7.56. The van der Waals surface area contributed by atoms with Gasteiger partial charge in [0.25, 0.3) is 0 Å². The van der Waals surface area contributed by atoms with Gasteiger partial charge in [0.1, 0.15) is 0 Å². The summed E-state index contributed by atoms with van der Waals surface area (Å²) in [6.45, 7) is 0.985. The summed E-state index contributed by atoms with van der Waals surface area (Å²) in [5, 5.41) is 0. The van der Waals surface area contributed by atoms with Crippen LogP contribution >= 0.6 is 0 Å². The van der Waals surface area contributed by atoms with E-state index in [1.807, 2.05) is 12.1 Å². The zero-order chi connectivity index (χ0) is 19.6. The lowest BCUT2D eigenvalue weighted by molar-refractivity contribution is -0.00932. The molecule has 1 nitrogen and oxygen atoms in total. The van der Waals surface area contributed by atoms with Crippen LogP contribution in [0.15, 0.2) is 36.4 Å². The Morgan fingerprint density at radius 2 is 1.56 bits per heavy atom. The molecule has 1 aliphatic rings. The number of halogens is 4. The van der Waals surface area contributed by atoms with Crippen molar-refractivity contribution in [3.8, 4) is 16.9 Å². The van der Waals surface area contributed by atoms with Crippen LogP contribution in [0, 0.1) is 17.6 Å². The van der Waals surface area contributed by atoms with Crippen molar-refractivity contribution in [2.45, 2.75) is 50.9 Å². The second kappa shape index (κ2) is 7.91. The molecule has 0 heterocycles. The summed E-state index contributed by atoms with van der Waals surface area (Å²) in [6, 6.07) is 10.3. The second-order valence-electron chi connectivity index (χ2n) is 7.56. The van der Waals surface area contributed by atoms with E-state index in [4.69, 9.17) is 4.74 Å². The van der Waals surface area contributed by atoms with E-state index in [0.29, 0.717) is 11.5 Å². The molecule has 0 amide bonds. The minimum atomic E-state index is -2.60. The SMILES string of the molecule is COc1ccc(-c2ccc(C3CCC(CC(C)(F)F)CC3)cc2)c(F)c1F. The van der Waals surface area contributed by atoms with Crippen molar-refractivity contribution in [2.24, 2.45) is 5.92 Å². The lowest BCUT2D eigenvalue weighted by Gasteiger charge is -2.30. The predicted molar refractivity (Wildman–Crippen MR) is 98.3 cm³/mol. The van der Waals surface area contributed by atoms with Gasteiger partial charge >= 0.3 is 0 Å². The summed E-state index contributed by atoms with van der Waals surface area (Å²) in [7, 11) is 1.29. The Kier molecular flexibility index (Phi) is 5.78. The standard InChI is InChI=1S/C22H24F4O/c1-22(25,26)13-14-3-5-15(6-4-14)16-7-9-17(10-8-16)18-11-12-19(27-2)21(24)20(18)23/h7-12,14-15H,3-6,13H2,1-2H3. The molecule has 0 atom stereocenters. The third-order valence-electron chi connectivity index (χ3n) is 5.45. The van der Waals surface area contributed by atoms with Crippen molar-refractivity contribution in [2.75, 3.05) is 7.11 Å². The summed E-state index contributed by atoms with van der Waals surface area (Å²) < 4.78 is 59.3. The highest BCUT2D eigenvalue weighted by Gasteiger charge is 2.30. The van der Waals surface area contributed by atoms with Crippen LogP contribution < -0.4 is 4.74 Å². The number of methoxy groups -OCH3 is 1. The molecule has 0 bridgehead atoms. The fourth-order valence-corrected chi connectivity index (χ4v) is 4.05. The Morgan fingerprint density at radius 1 is 0.926 bits per heavy atom. The number of hydrogen-bond acceptors (Lipinski definition) is 1. The molecule has 2 aromatic carbocycles. The van der Waals surface area contributed by atoms with E-state index in [1.54, 1.807) is 12.1 Å². The van der Waals surface area contributed by atoms with Gasteiger partial charge in [-0.15, -0.1) is 0 Å². The van der Waals surface area contributed by atoms with Crippen LogP contribution in [0.3, 0.4) is 0 Å². The van der Waals surface area contributed by atoms with E-state index in [2.05, 4.69) is 0 Å². The van der Waals surface area contributed by atoms with Gasteiger partial charge in [-0.3, -0.25) is 0 Å². The largest absolute Gasteiger partial charge is 0.494 e. The maximum Gasteiger partial charge on any atom is 0.245 e. The number of alkyl halides is 2. The van der Waals surface area contributed by atoms with Gasteiger partial charge in [0, 0.05) is 12.0 Å². The van der Waals surface area contributed by atoms with E-state index >= 15 is 0 Å². The fourth-order valence-electron chi connectivity index (χ4n) is 4.05. The topological polar surface area (TPSA) is 9.23 Å². The van der Waals surface area contributed by atoms with Gasteiger partial charge in [-0.1, -0.05) is 24.3 Å². The van der Waals surface area contributed by atoms with Gasteiger partial charge in [0.05, 0.1) is 7.11 Å². The summed E-state index contributed by atoms with van der Waals surface area (Å²) in [4.78, 5) is 0. The molecule has 3 rings (SSSR count). The zero-order valence-corrected chi connectivity index (χ0v) is 15.6. The van der Waals surface area contributed by atoms with Gasteiger partial charge in [0.15, 0.2) is 11.6 Å².